The summed E-state index contributed by atoms with van der Waals surface area (Å²) in [6.07, 6.45) is -0.0834. The van der Waals surface area contributed by atoms with Crippen LogP contribution in [0.2, 0.25) is 0 Å². The van der Waals surface area contributed by atoms with Gasteiger partial charge < -0.3 is 10.1 Å². The monoisotopic (exact) mass is 278 g/mol. The Hall–Kier alpha value is -1.75. The third kappa shape index (κ3) is 3.22. The van der Waals surface area contributed by atoms with Crippen molar-refractivity contribution in [3.05, 3.63) is 36.0 Å². The number of benzene rings is 1. The van der Waals surface area contributed by atoms with Crippen molar-refractivity contribution in [2.45, 2.75) is 31.9 Å². The van der Waals surface area contributed by atoms with Gasteiger partial charge in [-0.3, -0.25) is 4.98 Å². The maximum absolute atomic E-state index is 12.3. The van der Waals surface area contributed by atoms with E-state index in [9.17, 15) is 8.78 Å². The summed E-state index contributed by atoms with van der Waals surface area (Å²) < 4.78 is 29.9. The van der Waals surface area contributed by atoms with Gasteiger partial charge in [0.2, 0.25) is 0 Å². The molecule has 1 aliphatic carbocycles. The summed E-state index contributed by atoms with van der Waals surface area (Å²) in [4.78, 5) is 4.53. The molecule has 2 aromatic rings. The normalized spacial score (nSPS) is 14.9. The number of hydrogen-bond donors (Lipinski definition) is 1. The van der Waals surface area contributed by atoms with Crippen molar-refractivity contribution < 1.29 is 13.5 Å². The van der Waals surface area contributed by atoms with E-state index in [1.165, 1.54) is 12.8 Å². The lowest BCUT2D eigenvalue weighted by atomic mass is 10.2. The van der Waals surface area contributed by atoms with Crippen molar-refractivity contribution in [1.29, 1.82) is 0 Å². The third-order valence-electron chi connectivity index (χ3n) is 3.25. The Morgan fingerprint density at radius 3 is 2.85 bits per heavy atom. The van der Waals surface area contributed by atoms with Crippen LogP contribution in [0.4, 0.5) is 8.78 Å². The van der Waals surface area contributed by atoms with Gasteiger partial charge in [-0.15, -0.1) is 0 Å². The number of nitrogens with one attached hydrogen (secondary N) is 1. The van der Waals surface area contributed by atoms with Crippen LogP contribution in [-0.2, 0) is 6.54 Å². The van der Waals surface area contributed by atoms with Crippen LogP contribution in [0.3, 0.4) is 0 Å². The van der Waals surface area contributed by atoms with E-state index in [1.54, 1.807) is 6.07 Å². The Morgan fingerprint density at radius 1 is 1.30 bits per heavy atom. The first-order valence-corrected chi connectivity index (χ1v) is 6.75. The van der Waals surface area contributed by atoms with Gasteiger partial charge in [-0.1, -0.05) is 12.1 Å². The lowest BCUT2D eigenvalue weighted by Crippen LogP contribution is -2.16. The molecule has 0 spiro atoms. The Bertz CT molecular complexity index is 599. The van der Waals surface area contributed by atoms with Crippen molar-refractivity contribution >= 4 is 10.9 Å². The molecule has 20 heavy (non-hydrogen) atoms. The van der Waals surface area contributed by atoms with Crippen LogP contribution < -0.4 is 10.1 Å². The van der Waals surface area contributed by atoms with E-state index >= 15 is 0 Å². The maximum atomic E-state index is 12.3. The van der Waals surface area contributed by atoms with Gasteiger partial charge in [-0.25, -0.2) is 8.78 Å². The van der Waals surface area contributed by atoms with Crippen LogP contribution in [0.15, 0.2) is 30.3 Å². The number of hydrogen-bond acceptors (Lipinski definition) is 3. The standard InChI is InChI=1S/C15H16F2N2O/c16-15(17)9-20-14-7-11(8-18-10-5-6-10)19-13-4-2-1-3-12(13)14/h1-4,7,10,15,18H,5-6,8-9H2. The maximum Gasteiger partial charge on any atom is 0.272 e. The molecule has 1 saturated carbocycles. The number of alkyl halides is 2. The minimum atomic E-state index is -2.48. The molecule has 0 aliphatic heterocycles. The molecule has 0 amide bonds. The number of para-hydroxylation sites is 1. The Balaban J connectivity index is 1.86. The van der Waals surface area contributed by atoms with Gasteiger partial charge in [-0.05, 0) is 25.0 Å². The minimum Gasteiger partial charge on any atom is -0.487 e. The first-order chi connectivity index (χ1) is 9.72. The van der Waals surface area contributed by atoms with Crippen molar-refractivity contribution in [3.8, 4) is 5.75 Å². The summed E-state index contributed by atoms with van der Waals surface area (Å²) in [6.45, 7) is 0.0457. The summed E-state index contributed by atoms with van der Waals surface area (Å²) in [5, 5.41) is 4.13. The number of fused-ring (bicyclic) bond motifs is 1. The van der Waals surface area contributed by atoms with Gasteiger partial charge in [0, 0.05) is 24.0 Å². The van der Waals surface area contributed by atoms with Gasteiger partial charge in [0.25, 0.3) is 6.43 Å². The number of aromatic nitrogens is 1. The van der Waals surface area contributed by atoms with E-state index in [2.05, 4.69) is 10.3 Å². The van der Waals surface area contributed by atoms with Crippen LogP contribution >= 0.6 is 0 Å². The first-order valence-electron chi connectivity index (χ1n) is 6.75. The minimum absolute atomic E-state index is 0.475. The molecule has 1 fully saturated rings. The van der Waals surface area contributed by atoms with Crippen molar-refractivity contribution in [2.24, 2.45) is 0 Å². The number of nitrogens with zero attached hydrogens (tertiary/aromatic N) is 1. The van der Waals surface area contributed by atoms with Gasteiger partial charge in [0.15, 0.2) is 0 Å². The quantitative estimate of drug-likeness (QED) is 0.881. The second kappa shape index (κ2) is 5.71. The van der Waals surface area contributed by atoms with Crippen LogP contribution in [0.25, 0.3) is 10.9 Å². The van der Waals surface area contributed by atoms with Gasteiger partial charge >= 0.3 is 0 Å². The first kappa shape index (κ1) is 13.2. The molecule has 106 valence electrons. The molecule has 0 atom stereocenters. The third-order valence-corrected chi connectivity index (χ3v) is 3.25. The molecular weight excluding hydrogens is 262 g/mol. The molecule has 0 unspecified atom stereocenters. The van der Waals surface area contributed by atoms with Crippen LogP contribution in [0, 0.1) is 0 Å². The topological polar surface area (TPSA) is 34.1 Å². The van der Waals surface area contributed by atoms with Crippen molar-refractivity contribution in [2.75, 3.05) is 6.61 Å². The Labute approximate surface area is 116 Å². The van der Waals surface area contributed by atoms with Crippen LogP contribution in [-0.4, -0.2) is 24.1 Å². The van der Waals surface area contributed by atoms with Crippen LogP contribution in [0.5, 0.6) is 5.75 Å². The average Bonchev–Trinajstić information content (AvgIpc) is 3.26. The lowest BCUT2D eigenvalue weighted by molar-refractivity contribution is 0.0826. The Kier molecular flexibility index (Phi) is 3.78. The van der Waals surface area contributed by atoms with Gasteiger partial charge in [0.05, 0.1) is 11.2 Å². The van der Waals surface area contributed by atoms with Gasteiger partial charge in [-0.2, -0.15) is 0 Å². The summed E-state index contributed by atoms with van der Waals surface area (Å²) >= 11 is 0. The fourth-order valence-electron chi connectivity index (χ4n) is 2.09. The molecule has 5 heteroatoms. The SMILES string of the molecule is FC(F)COc1cc(CNC2CC2)nc2ccccc12. The zero-order chi connectivity index (χ0) is 13.9. The van der Waals surface area contributed by atoms with E-state index in [0.29, 0.717) is 18.3 Å². The number of ether oxygens (including phenoxy) is 1. The van der Waals surface area contributed by atoms with E-state index in [1.807, 2.05) is 24.3 Å². The highest BCUT2D eigenvalue weighted by Crippen LogP contribution is 2.26. The number of pyridine rings is 1. The molecule has 3 rings (SSSR count). The molecular formula is C15H16F2N2O. The summed E-state index contributed by atoms with van der Waals surface area (Å²) in [5.41, 5.74) is 1.59. The highest BCUT2D eigenvalue weighted by Gasteiger charge is 2.20. The van der Waals surface area contributed by atoms with E-state index < -0.39 is 13.0 Å². The smallest absolute Gasteiger partial charge is 0.272 e. The molecule has 3 nitrogen and oxygen atoms in total. The van der Waals surface area contributed by atoms with Crippen molar-refractivity contribution in [3.63, 3.8) is 0 Å². The molecule has 1 aliphatic rings. The molecule has 1 N–H and O–H groups in total. The van der Waals surface area contributed by atoms with Crippen molar-refractivity contribution in [1.82, 2.24) is 10.3 Å². The van der Waals surface area contributed by atoms with E-state index in [0.717, 1.165) is 16.6 Å². The fourth-order valence-corrected chi connectivity index (χ4v) is 2.09. The number of halogens is 2. The zero-order valence-electron chi connectivity index (χ0n) is 11.0. The fraction of sp³-hybridized carbons (Fsp3) is 0.400. The zero-order valence-corrected chi connectivity index (χ0v) is 11.0. The average molecular weight is 278 g/mol. The Morgan fingerprint density at radius 2 is 2.10 bits per heavy atom. The van der Waals surface area contributed by atoms with E-state index in [4.69, 9.17) is 4.74 Å². The molecule has 1 aromatic heterocycles. The summed E-state index contributed by atoms with van der Waals surface area (Å²) in [5.74, 6) is 0.475. The largest absolute Gasteiger partial charge is 0.487 e. The molecule has 0 bridgehead atoms. The lowest BCUT2D eigenvalue weighted by Gasteiger charge is -2.11. The second-order valence-electron chi connectivity index (χ2n) is 4.99. The second-order valence-corrected chi connectivity index (χ2v) is 4.99. The van der Waals surface area contributed by atoms with Crippen LogP contribution in [0.1, 0.15) is 18.5 Å². The molecule has 1 aromatic carbocycles. The predicted molar refractivity (Wildman–Crippen MR) is 73.1 cm³/mol. The molecule has 0 saturated heterocycles. The molecule has 1 heterocycles. The van der Waals surface area contributed by atoms with E-state index in [-0.39, 0.29) is 0 Å². The highest BCUT2D eigenvalue weighted by atomic mass is 19.3. The predicted octanol–water partition coefficient (Wildman–Crippen LogP) is 3.13. The highest BCUT2D eigenvalue weighted by molar-refractivity contribution is 5.85. The number of rotatable bonds is 6. The summed E-state index contributed by atoms with van der Waals surface area (Å²) in [7, 11) is 0. The van der Waals surface area contributed by atoms with Gasteiger partial charge in [0.1, 0.15) is 12.4 Å². The summed E-state index contributed by atoms with van der Waals surface area (Å²) in [6, 6.07) is 9.76. The molecule has 0 radical (unpaired) electrons.